The van der Waals surface area contributed by atoms with Crippen molar-refractivity contribution in [3.63, 3.8) is 0 Å². The molecule has 1 unspecified atom stereocenters. The number of ether oxygens (including phenoxy) is 1. The second kappa shape index (κ2) is 3.49. The zero-order valence-electron chi connectivity index (χ0n) is 9.53. The van der Waals surface area contributed by atoms with Crippen molar-refractivity contribution < 1.29 is 28.7 Å². The van der Waals surface area contributed by atoms with Gasteiger partial charge in [-0.3, -0.25) is 0 Å². The summed E-state index contributed by atoms with van der Waals surface area (Å²) in [6.45, 7) is -0.677. The average molecular weight is 294 g/mol. The first-order chi connectivity index (χ1) is 8.89. The Hall–Kier alpha value is -1.13. The van der Waals surface area contributed by atoms with Crippen LogP contribution in [0.3, 0.4) is 0 Å². The number of aliphatic imine (C=N–C) groups is 1. The van der Waals surface area contributed by atoms with E-state index < -0.39 is 41.0 Å². The summed E-state index contributed by atoms with van der Waals surface area (Å²) in [6.07, 6.45) is -2.16. The number of rotatable bonds is 2. The predicted molar refractivity (Wildman–Crippen MR) is 61.0 cm³/mol. The maximum absolute atomic E-state index is 14.8. The van der Waals surface area contributed by atoms with Crippen LogP contribution in [0, 0.1) is 0 Å². The lowest BCUT2D eigenvalue weighted by Gasteiger charge is -2.31. The largest absolute Gasteiger partial charge is 0.476 e. The Morgan fingerprint density at radius 1 is 1.68 bits per heavy atom. The van der Waals surface area contributed by atoms with Crippen molar-refractivity contribution in [2.45, 2.75) is 23.7 Å². The SMILES string of the molecule is NC1=NC(=O)[N+]2(N=C1)[C@@H]1O[C@@](CO)(CCl)[C@@H](O)[C@]12F. The van der Waals surface area contributed by atoms with E-state index in [1.54, 1.807) is 0 Å². The number of hydrogen-bond acceptors (Lipinski definition) is 6. The molecule has 2 amide bonds. The number of alkyl halides is 2. The van der Waals surface area contributed by atoms with Gasteiger partial charge < -0.3 is 20.7 Å². The number of amides is 2. The second-order valence-electron chi connectivity index (χ2n) is 4.71. The molecular weight excluding hydrogens is 283 g/mol. The number of quaternary nitrogens is 1. The van der Waals surface area contributed by atoms with Crippen LogP contribution in [0.25, 0.3) is 0 Å². The summed E-state index contributed by atoms with van der Waals surface area (Å²) in [5.41, 5.74) is 3.64. The van der Waals surface area contributed by atoms with Crippen molar-refractivity contribution in [1.29, 1.82) is 0 Å². The first-order valence-electron chi connectivity index (χ1n) is 5.44. The highest BCUT2D eigenvalue weighted by Gasteiger charge is 3.00. The number of urea groups is 1. The molecule has 1 spiro atoms. The summed E-state index contributed by atoms with van der Waals surface area (Å²) in [7, 11) is 0. The van der Waals surface area contributed by atoms with Crippen LogP contribution in [0.4, 0.5) is 9.18 Å². The first kappa shape index (κ1) is 12.9. The summed E-state index contributed by atoms with van der Waals surface area (Å²) in [6, 6.07) is -0.965. The van der Waals surface area contributed by atoms with Crippen LogP contribution >= 0.6 is 11.6 Å². The summed E-state index contributed by atoms with van der Waals surface area (Å²) < 4.78 is 19.0. The van der Waals surface area contributed by atoms with Gasteiger partial charge in [-0.1, -0.05) is 5.10 Å². The fraction of sp³-hybridized carbons (Fsp3) is 0.667. The van der Waals surface area contributed by atoms with E-state index in [-0.39, 0.29) is 11.7 Å². The number of amidine groups is 1. The van der Waals surface area contributed by atoms with Gasteiger partial charge in [0.25, 0.3) is 0 Å². The van der Waals surface area contributed by atoms with Crippen molar-refractivity contribution in [1.82, 2.24) is 0 Å². The Balaban J connectivity index is 1.99. The van der Waals surface area contributed by atoms with Crippen molar-refractivity contribution >= 4 is 29.7 Å². The van der Waals surface area contributed by atoms with Crippen LogP contribution in [-0.4, -0.2) is 69.1 Å². The fourth-order valence-electron chi connectivity index (χ4n) is 2.58. The van der Waals surface area contributed by atoms with Gasteiger partial charge in [-0.05, 0) is 4.59 Å². The number of aliphatic hydroxyl groups is 2. The Morgan fingerprint density at radius 3 is 2.79 bits per heavy atom. The van der Waals surface area contributed by atoms with E-state index in [9.17, 15) is 19.4 Å². The minimum atomic E-state index is -2.50. The number of nitrogens with zero attached hydrogens (tertiary/aromatic N) is 3. The minimum absolute atomic E-state index is 0.150. The quantitative estimate of drug-likeness (QED) is 0.252. The van der Waals surface area contributed by atoms with E-state index >= 15 is 0 Å². The minimum Gasteiger partial charge on any atom is -0.393 e. The molecule has 5 atom stereocenters. The van der Waals surface area contributed by atoms with Gasteiger partial charge >= 0.3 is 18.1 Å². The van der Waals surface area contributed by atoms with Crippen LogP contribution in [-0.2, 0) is 4.74 Å². The lowest BCUT2D eigenvalue weighted by molar-refractivity contribution is -0.804. The molecule has 0 saturated carbocycles. The third-order valence-corrected chi connectivity index (χ3v) is 4.20. The van der Waals surface area contributed by atoms with Crippen LogP contribution in [0.15, 0.2) is 10.1 Å². The van der Waals surface area contributed by atoms with Gasteiger partial charge in [-0.2, -0.15) is 4.39 Å². The Morgan fingerprint density at radius 2 is 2.37 bits per heavy atom. The molecule has 3 heterocycles. The van der Waals surface area contributed by atoms with Crippen molar-refractivity contribution in [3.05, 3.63) is 0 Å². The summed E-state index contributed by atoms with van der Waals surface area (Å²) in [5, 5.41) is 23.0. The number of fused-ring (bicyclic) bond motifs is 3. The van der Waals surface area contributed by atoms with E-state index in [1.165, 1.54) is 0 Å². The van der Waals surface area contributed by atoms with Gasteiger partial charge in [0.15, 0.2) is 11.9 Å². The van der Waals surface area contributed by atoms with Gasteiger partial charge in [0, 0.05) is 0 Å². The van der Waals surface area contributed by atoms with Crippen molar-refractivity contribution in [2.75, 3.05) is 12.5 Å². The highest BCUT2D eigenvalue weighted by atomic mass is 35.5. The molecule has 0 aromatic rings. The number of carbonyl (C=O) groups is 1. The molecule has 2 saturated heterocycles. The molecule has 8 nitrogen and oxygen atoms in total. The van der Waals surface area contributed by atoms with Gasteiger partial charge in [-0.25, -0.2) is 4.79 Å². The maximum Gasteiger partial charge on any atom is 0.476 e. The van der Waals surface area contributed by atoms with E-state index in [0.717, 1.165) is 6.21 Å². The summed E-state index contributed by atoms with van der Waals surface area (Å²) in [4.78, 5) is 15.2. The van der Waals surface area contributed by atoms with Crippen LogP contribution in [0.5, 0.6) is 0 Å². The highest BCUT2D eigenvalue weighted by molar-refractivity contribution is 6.31. The molecule has 19 heavy (non-hydrogen) atoms. The maximum atomic E-state index is 14.8. The normalized spacial score (nSPS) is 51.4. The smallest absolute Gasteiger partial charge is 0.393 e. The lowest BCUT2D eigenvalue weighted by atomic mass is 9.98. The molecule has 4 N–H and O–H groups in total. The summed E-state index contributed by atoms with van der Waals surface area (Å²) >= 11 is 5.60. The average Bonchev–Trinajstić information content (AvgIpc) is 2.81. The van der Waals surface area contributed by atoms with E-state index in [0.29, 0.717) is 0 Å². The number of nitrogens with two attached hydrogens (primary N) is 1. The molecule has 0 bridgehead atoms. The van der Waals surface area contributed by atoms with Gasteiger partial charge in [-0.15, -0.1) is 16.6 Å². The van der Waals surface area contributed by atoms with E-state index in [2.05, 4.69) is 10.1 Å². The van der Waals surface area contributed by atoms with Crippen molar-refractivity contribution in [3.8, 4) is 0 Å². The zero-order valence-corrected chi connectivity index (χ0v) is 10.3. The highest BCUT2D eigenvalue weighted by Crippen LogP contribution is 2.64. The Bertz CT molecular complexity index is 524. The standard InChI is InChI=1S/C9H10ClFN4O4/c10-2-8(3-16)5(17)9(11)6(19-8)15(9)7(18)14-4(12)1-13-15/h1,5-6,16-17H,2-3H2,(H-,12,14,18)/p+1/t5-,6-,8-,9-,15?/m1/s1. The molecule has 0 aromatic carbocycles. The molecule has 2 fully saturated rings. The molecule has 10 heteroatoms. The molecule has 0 radical (unpaired) electrons. The van der Waals surface area contributed by atoms with Crippen molar-refractivity contribution in [2.24, 2.45) is 15.8 Å². The molecule has 104 valence electrons. The van der Waals surface area contributed by atoms with Gasteiger partial charge in [0.2, 0.25) is 0 Å². The Labute approximate surface area is 111 Å². The third kappa shape index (κ3) is 1.15. The van der Waals surface area contributed by atoms with Crippen LogP contribution in [0.2, 0.25) is 0 Å². The Kier molecular flexibility index (Phi) is 2.37. The van der Waals surface area contributed by atoms with Crippen LogP contribution < -0.4 is 5.73 Å². The molecule has 0 aliphatic carbocycles. The molecule has 0 aromatic heterocycles. The lowest BCUT2D eigenvalue weighted by Crippen LogP contribution is -2.57. The number of hydrogen-bond donors (Lipinski definition) is 3. The van der Waals surface area contributed by atoms with E-state index in [4.69, 9.17) is 22.1 Å². The third-order valence-electron chi connectivity index (χ3n) is 3.75. The number of aliphatic hydroxyl groups excluding tert-OH is 2. The van der Waals surface area contributed by atoms with E-state index in [1.807, 2.05) is 0 Å². The zero-order chi connectivity index (χ0) is 14.1. The number of halogens is 2. The molecule has 3 aliphatic heterocycles. The fourth-order valence-corrected chi connectivity index (χ4v) is 2.88. The topological polar surface area (TPSA) is 118 Å². The first-order valence-corrected chi connectivity index (χ1v) is 5.97. The molecule has 3 rings (SSSR count). The molecular formula is C9H11ClFN4O4+. The van der Waals surface area contributed by atoms with Crippen LogP contribution in [0.1, 0.15) is 0 Å². The second-order valence-corrected chi connectivity index (χ2v) is 4.97. The van der Waals surface area contributed by atoms with Gasteiger partial charge in [0.05, 0.1) is 12.5 Å². The predicted octanol–water partition coefficient (Wildman–Crippen LogP) is -1.35. The number of carbonyl (C=O) groups excluding carboxylic acids is 1. The molecule has 3 aliphatic rings. The summed E-state index contributed by atoms with van der Waals surface area (Å²) in [5.74, 6) is -2.98. The van der Waals surface area contributed by atoms with Gasteiger partial charge in [0.1, 0.15) is 11.8 Å². The monoisotopic (exact) mass is 293 g/mol.